The molecule has 0 saturated heterocycles. The summed E-state index contributed by atoms with van der Waals surface area (Å²) in [5.74, 6) is -37.1. The Bertz CT molecular complexity index is 1180. The van der Waals surface area contributed by atoms with Gasteiger partial charge in [0.05, 0.1) is 0 Å². The first kappa shape index (κ1) is 32.4. The fourth-order valence-corrected chi connectivity index (χ4v) is 7.95. The van der Waals surface area contributed by atoms with Gasteiger partial charge < -0.3 is 4.43 Å². The number of hydrogen-bond donors (Lipinski definition) is 0. The van der Waals surface area contributed by atoms with Crippen molar-refractivity contribution in [3.8, 4) is 0 Å². The molecule has 0 amide bonds. The predicted octanol–water partition coefficient (Wildman–Crippen LogP) is 6.80. The van der Waals surface area contributed by atoms with E-state index in [9.17, 15) is 57.1 Å². The van der Waals surface area contributed by atoms with Gasteiger partial charge in [0.1, 0.15) is 0 Å². The van der Waals surface area contributed by atoms with Crippen LogP contribution >= 0.6 is 0 Å². The van der Waals surface area contributed by atoms with Crippen LogP contribution in [0.1, 0.15) is 6.42 Å². The van der Waals surface area contributed by atoms with Crippen LogP contribution < -0.4 is 15.6 Å². The first-order valence-electron chi connectivity index (χ1n) is 11.5. The van der Waals surface area contributed by atoms with E-state index < -0.39 is 57.1 Å². The predicted molar refractivity (Wildman–Crippen MR) is 125 cm³/mol. The third-order valence-corrected chi connectivity index (χ3v) is 10.4. The molecule has 0 aliphatic carbocycles. The minimum atomic E-state index is -7.94. The number of benzene rings is 3. The first-order valence-corrected chi connectivity index (χ1v) is 13.4. The van der Waals surface area contributed by atoms with Gasteiger partial charge >= 0.3 is 35.8 Å². The molecular weight excluding hydrogens is 603 g/mol. The molecule has 3 aromatic rings. The Morgan fingerprint density at radius 1 is 0.439 bits per heavy atom. The van der Waals surface area contributed by atoms with Gasteiger partial charge in [-0.25, -0.2) is 0 Å². The van der Waals surface area contributed by atoms with Gasteiger partial charge in [0.2, 0.25) is 0 Å². The van der Waals surface area contributed by atoms with Crippen LogP contribution in [0.15, 0.2) is 91.0 Å². The summed E-state index contributed by atoms with van der Waals surface area (Å²) in [6, 6.07) is 23.1. The van der Waals surface area contributed by atoms with Gasteiger partial charge in [-0.15, -0.1) is 0 Å². The lowest BCUT2D eigenvalue weighted by atomic mass is 9.93. The second-order valence-electron chi connectivity index (χ2n) is 8.88. The van der Waals surface area contributed by atoms with Gasteiger partial charge in [-0.1, -0.05) is 91.0 Å². The van der Waals surface area contributed by atoms with Crippen molar-refractivity contribution in [3.05, 3.63) is 91.0 Å². The highest BCUT2D eigenvalue weighted by Crippen LogP contribution is 2.60. The fourth-order valence-electron chi connectivity index (χ4n) is 4.06. The zero-order valence-corrected chi connectivity index (χ0v) is 21.4. The maximum Gasteiger partial charge on any atom is 0.460 e. The summed E-state index contributed by atoms with van der Waals surface area (Å²) in [5.41, 5.74) is 0. The van der Waals surface area contributed by atoms with E-state index in [-0.39, 0.29) is 0 Å². The molecule has 0 unspecified atom stereocenters. The first-order chi connectivity index (χ1) is 18.8. The highest BCUT2D eigenvalue weighted by Gasteiger charge is 2.90. The zero-order valence-electron chi connectivity index (χ0n) is 20.4. The molecule has 3 rings (SSSR count). The molecule has 0 atom stereocenters. The van der Waals surface area contributed by atoms with Crippen molar-refractivity contribution in [2.45, 2.75) is 42.2 Å². The number of alkyl halides is 13. The molecule has 0 spiro atoms. The Morgan fingerprint density at radius 3 is 1.07 bits per heavy atom. The molecule has 0 radical (unpaired) electrons. The lowest BCUT2D eigenvalue weighted by Gasteiger charge is -2.40. The maximum absolute atomic E-state index is 14.5. The van der Waals surface area contributed by atoms with Crippen molar-refractivity contribution < 1.29 is 61.5 Å². The van der Waals surface area contributed by atoms with Crippen LogP contribution in [0.4, 0.5) is 57.1 Å². The summed E-state index contributed by atoms with van der Waals surface area (Å²) in [5, 5.41) is 1.11. The van der Waals surface area contributed by atoms with Crippen LogP contribution in [0.5, 0.6) is 0 Å². The molecule has 0 fully saturated rings. The Labute approximate surface area is 225 Å². The van der Waals surface area contributed by atoms with E-state index in [0.29, 0.717) is 15.6 Å². The van der Waals surface area contributed by atoms with E-state index >= 15 is 0 Å². The van der Waals surface area contributed by atoms with Crippen LogP contribution in [0.2, 0.25) is 0 Å². The molecule has 41 heavy (non-hydrogen) atoms. The van der Waals surface area contributed by atoms with Crippen molar-refractivity contribution in [2.24, 2.45) is 0 Å². The van der Waals surface area contributed by atoms with E-state index in [0.717, 1.165) is 0 Å². The van der Waals surface area contributed by atoms with Crippen LogP contribution in [0.3, 0.4) is 0 Å². The molecular formula is C26H19F13OSi. The van der Waals surface area contributed by atoms with Gasteiger partial charge in [0, 0.05) is 13.0 Å². The van der Waals surface area contributed by atoms with Crippen LogP contribution in [0.25, 0.3) is 0 Å². The lowest BCUT2D eigenvalue weighted by molar-refractivity contribution is -0.440. The van der Waals surface area contributed by atoms with E-state index in [4.69, 9.17) is 4.43 Å². The van der Waals surface area contributed by atoms with Gasteiger partial charge in [0.15, 0.2) is 0 Å². The minimum absolute atomic E-state index is 0.370. The molecule has 0 aliphatic rings. The van der Waals surface area contributed by atoms with Crippen LogP contribution in [-0.2, 0) is 4.43 Å². The number of halogens is 13. The Balaban J connectivity index is 2.03. The van der Waals surface area contributed by atoms with Crippen LogP contribution in [0, 0.1) is 0 Å². The number of hydrogen-bond acceptors (Lipinski definition) is 1. The van der Waals surface area contributed by atoms with E-state index in [1.54, 1.807) is 54.6 Å². The van der Waals surface area contributed by atoms with E-state index in [2.05, 4.69) is 0 Å². The topological polar surface area (TPSA) is 9.23 Å². The summed E-state index contributed by atoms with van der Waals surface area (Å²) in [4.78, 5) is 0. The summed E-state index contributed by atoms with van der Waals surface area (Å²) >= 11 is 0. The molecule has 0 saturated carbocycles. The van der Waals surface area contributed by atoms with E-state index in [1.807, 2.05) is 0 Å². The van der Waals surface area contributed by atoms with Gasteiger partial charge in [-0.05, 0) is 15.6 Å². The Hall–Kier alpha value is -3.07. The Morgan fingerprint density at radius 2 is 0.756 bits per heavy atom. The number of rotatable bonds is 11. The third-order valence-electron chi connectivity index (χ3n) is 6.27. The zero-order chi connectivity index (χ0) is 31.0. The molecule has 224 valence electrons. The molecule has 0 N–H and O–H groups in total. The smallest absolute Gasteiger partial charge is 0.404 e. The molecule has 0 aromatic heterocycles. The SMILES string of the molecule is FC(F)(F)C(F)(F)C(F)(F)C(F)(F)C(F)(F)C(F)(F)CCO[Si](c1ccccc1)(c1ccccc1)c1ccccc1. The van der Waals surface area contributed by atoms with Crippen molar-refractivity contribution in [1.82, 2.24) is 0 Å². The van der Waals surface area contributed by atoms with Crippen LogP contribution in [-0.4, -0.2) is 50.7 Å². The molecule has 0 aliphatic heterocycles. The van der Waals surface area contributed by atoms with Gasteiger partial charge in [-0.3, -0.25) is 0 Å². The quantitative estimate of drug-likeness (QED) is 0.130. The summed E-state index contributed by atoms with van der Waals surface area (Å²) < 4.78 is 182. The highest BCUT2D eigenvalue weighted by atomic mass is 28.4. The average molecular weight is 622 g/mol. The minimum Gasteiger partial charge on any atom is -0.404 e. The molecule has 3 aromatic carbocycles. The molecule has 15 heteroatoms. The third kappa shape index (κ3) is 5.33. The van der Waals surface area contributed by atoms with Crippen molar-refractivity contribution in [2.75, 3.05) is 6.61 Å². The molecule has 0 heterocycles. The average Bonchev–Trinajstić information content (AvgIpc) is 2.91. The van der Waals surface area contributed by atoms with Crippen molar-refractivity contribution in [3.63, 3.8) is 0 Å². The monoisotopic (exact) mass is 622 g/mol. The standard InChI is InChI=1S/C26H19F13OSi/c27-21(28,22(29,30)23(31,32)24(33,34)25(35,36)26(37,38)39)16-17-40-41(18-10-4-1-5-11-18,19-12-6-2-7-13-19)20-14-8-3-9-15-20/h1-15H,16-17H2. The second kappa shape index (κ2) is 11.0. The fraction of sp³-hybridized carbons (Fsp3) is 0.308. The lowest BCUT2D eigenvalue weighted by Crippen LogP contribution is -2.71. The molecule has 0 bridgehead atoms. The molecule has 1 nitrogen and oxygen atoms in total. The second-order valence-corrected chi connectivity index (χ2v) is 12.3. The summed E-state index contributed by atoms with van der Waals surface area (Å²) in [7, 11) is -3.90. The normalized spacial score (nSPS) is 14.3. The van der Waals surface area contributed by atoms with Gasteiger partial charge in [0.25, 0.3) is 8.32 Å². The van der Waals surface area contributed by atoms with Crippen molar-refractivity contribution in [1.29, 1.82) is 0 Å². The van der Waals surface area contributed by atoms with Crippen molar-refractivity contribution >= 4 is 23.9 Å². The maximum atomic E-state index is 14.5. The largest absolute Gasteiger partial charge is 0.460 e. The Kier molecular flexibility index (Phi) is 8.68. The highest BCUT2D eigenvalue weighted by molar-refractivity contribution is 7.07. The summed E-state index contributed by atoms with van der Waals surface area (Å²) in [6.07, 6.45) is -9.90. The van der Waals surface area contributed by atoms with Gasteiger partial charge in [-0.2, -0.15) is 57.1 Å². The summed E-state index contributed by atoms with van der Waals surface area (Å²) in [6.45, 7) is -1.51. The van der Waals surface area contributed by atoms with E-state index in [1.165, 1.54) is 36.4 Å².